The van der Waals surface area contributed by atoms with E-state index in [1.54, 1.807) is 0 Å². The molecule has 4 rings (SSSR count). The monoisotopic (exact) mass is 431 g/mol. The molecule has 0 unspecified atom stereocenters. The number of hydrogen-bond donors (Lipinski definition) is 2. The van der Waals surface area contributed by atoms with Crippen LogP contribution in [0.5, 0.6) is 0 Å². The lowest BCUT2D eigenvalue weighted by atomic mass is 10.1. The minimum atomic E-state index is -0.172. The maximum Gasteiger partial charge on any atom is 0.260 e. The minimum Gasteiger partial charge on any atom is -0.357 e. The van der Waals surface area contributed by atoms with Gasteiger partial charge in [0.05, 0.1) is 4.91 Å². The van der Waals surface area contributed by atoms with Crippen LogP contribution >= 0.6 is 11.8 Å². The van der Waals surface area contributed by atoms with Crippen molar-refractivity contribution >= 4 is 29.4 Å². The van der Waals surface area contributed by atoms with Crippen molar-refractivity contribution < 1.29 is 4.79 Å². The minimum absolute atomic E-state index is 0.0381. The normalized spacial score (nSPS) is 17.3. The summed E-state index contributed by atoms with van der Waals surface area (Å²) in [6.45, 7) is 10.6. The molecule has 1 fully saturated rings. The number of carbonyl (C=O) groups is 1. The predicted molar refractivity (Wildman–Crippen MR) is 132 cm³/mol. The Kier molecular flexibility index (Phi) is 5.96. The molecule has 0 spiro atoms. The van der Waals surface area contributed by atoms with Crippen LogP contribution in [-0.4, -0.2) is 16.0 Å². The number of anilines is 1. The summed E-state index contributed by atoms with van der Waals surface area (Å²) in [4.78, 5) is 13.3. The van der Waals surface area contributed by atoms with E-state index in [1.165, 1.54) is 28.5 Å². The number of rotatable bonds is 5. The van der Waals surface area contributed by atoms with Gasteiger partial charge in [0.1, 0.15) is 0 Å². The van der Waals surface area contributed by atoms with Gasteiger partial charge in [-0.3, -0.25) is 4.79 Å². The highest BCUT2D eigenvalue weighted by Crippen LogP contribution is 2.32. The number of carbonyl (C=O) groups excluding carboxylic acids is 1. The molecule has 0 aliphatic carbocycles. The number of hydrogen-bond acceptors (Lipinski definition) is 3. The van der Waals surface area contributed by atoms with E-state index in [1.807, 2.05) is 6.08 Å². The van der Waals surface area contributed by atoms with Crippen LogP contribution in [0, 0.1) is 27.7 Å². The maximum atomic E-state index is 12.6. The van der Waals surface area contributed by atoms with Gasteiger partial charge in [0.25, 0.3) is 5.91 Å². The highest BCUT2D eigenvalue weighted by molar-refractivity contribution is 8.05. The molecule has 2 N–H and O–H groups in total. The van der Waals surface area contributed by atoms with Crippen LogP contribution in [0.2, 0.25) is 0 Å². The van der Waals surface area contributed by atoms with Crippen LogP contribution in [0.1, 0.15) is 40.6 Å². The summed E-state index contributed by atoms with van der Waals surface area (Å²) in [6.07, 6.45) is 3.02. The second kappa shape index (κ2) is 8.67. The van der Waals surface area contributed by atoms with Gasteiger partial charge >= 0.3 is 0 Å². The van der Waals surface area contributed by atoms with Crippen molar-refractivity contribution in [2.45, 2.75) is 46.5 Å². The molecule has 1 aromatic heterocycles. The van der Waals surface area contributed by atoms with Crippen LogP contribution < -0.4 is 10.6 Å². The average molecular weight is 432 g/mol. The van der Waals surface area contributed by atoms with Crippen molar-refractivity contribution in [2.75, 3.05) is 5.32 Å². The van der Waals surface area contributed by atoms with E-state index in [-0.39, 0.29) is 11.4 Å². The molecule has 160 valence electrons. The second-order valence-electron chi connectivity index (χ2n) is 8.18. The van der Waals surface area contributed by atoms with Gasteiger partial charge < -0.3 is 15.2 Å². The van der Waals surface area contributed by atoms with E-state index >= 15 is 0 Å². The number of aryl methyl sites for hydroxylation is 4. The summed E-state index contributed by atoms with van der Waals surface area (Å²) in [5, 5.41) is 6.42. The third-order valence-corrected chi connectivity index (χ3v) is 6.64. The molecule has 2 aromatic carbocycles. The molecule has 0 bridgehead atoms. The Morgan fingerprint density at radius 1 is 1.03 bits per heavy atom. The second-order valence-corrected chi connectivity index (χ2v) is 9.33. The van der Waals surface area contributed by atoms with Crippen molar-refractivity contribution in [3.05, 3.63) is 87.1 Å². The summed E-state index contributed by atoms with van der Waals surface area (Å²) in [5.41, 5.74) is 9.14. The number of amides is 1. The van der Waals surface area contributed by atoms with Crippen LogP contribution in [0.4, 0.5) is 5.69 Å². The molecule has 1 atom stereocenters. The lowest BCUT2D eigenvalue weighted by molar-refractivity contribution is -0.116. The molecule has 5 heteroatoms. The lowest BCUT2D eigenvalue weighted by Crippen LogP contribution is -2.30. The zero-order chi connectivity index (χ0) is 22.1. The maximum absolute atomic E-state index is 12.6. The van der Waals surface area contributed by atoms with E-state index in [4.69, 9.17) is 0 Å². The molecule has 2 heterocycles. The molecule has 3 aromatic rings. The molecular formula is C26H29N3OS. The summed E-state index contributed by atoms with van der Waals surface area (Å²) in [7, 11) is 0. The SMILES string of the molecule is CCc1ccc(N[C@@H]2NC(=O)/C(=C/c3cc(C)n(-c4cc(C)cc(C)c4)c3C)S2)cc1. The van der Waals surface area contributed by atoms with E-state index < -0.39 is 0 Å². The average Bonchev–Trinajstić information content (AvgIpc) is 3.20. The number of benzene rings is 2. The van der Waals surface area contributed by atoms with Crippen LogP contribution in [-0.2, 0) is 11.2 Å². The molecule has 1 amide bonds. The van der Waals surface area contributed by atoms with E-state index in [0.717, 1.165) is 39.7 Å². The third kappa shape index (κ3) is 4.57. The highest BCUT2D eigenvalue weighted by Gasteiger charge is 2.27. The van der Waals surface area contributed by atoms with Crippen molar-refractivity contribution in [3.63, 3.8) is 0 Å². The molecular weight excluding hydrogens is 402 g/mol. The van der Waals surface area contributed by atoms with Gasteiger partial charge in [0.15, 0.2) is 5.50 Å². The quantitative estimate of drug-likeness (QED) is 0.497. The van der Waals surface area contributed by atoms with Gasteiger partial charge in [-0.15, -0.1) is 0 Å². The number of nitrogens with one attached hydrogen (secondary N) is 2. The van der Waals surface area contributed by atoms with E-state index in [2.05, 4.69) is 98.4 Å². The Morgan fingerprint density at radius 3 is 2.35 bits per heavy atom. The van der Waals surface area contributed by atoms with Crippen molar-refractivity contribution in [1.29, 1.82) is 0 Å². The summed E-state index contributed by atoms with van der Waals surface area (Å²) >= 11 is 1.52. The topological polar surface area (TPSA) is 46.1 Å². The molecule has 1 aliphatic rings. The smallest absolute Gasteiger partial charge is 0.260 e. The summed E-state index contributed by atoms with van der Waals surface area (Å²) in [6, 6.07) is 17.1. The van der Waals surface area contributed by atoms with Gasteiger partial charge in [0, 0.05) is 22.8 Å². The number of nitrogens with zero attached hydrogens (tertiary/aromatic N) is 1. The highest BCUT2D eigenvalue weighted by atomic mass is 32.2. The Morgan fingerprint density at radius 2 is 1.71 bits per heavy atom. The van der Waals surface area contributed by atoms with Crippen molar-refractivity contribution in [3.8, 4) is 5.69 Å². The Labute approximate surface area is 188 Å². The van der Waals surface area contributed by atoms with E-state index in [0.29, 0.717) is 0 Å². The molecule has 4 nitrogen and oxygen atoms in total. The first-order valence-corrected chi connectivity index (χ1v) is 11.5. The Hall–Kier alpha value is -2.92. The zero-order valence-electron chi connectivity index (χ0n) is 18.7. The molecule has 31 heavy (non-hydrogen) atoms. The fourth-order valence-electron chi connectivity index (χ4n) is 4.11. The van der Waals surface area contributed by atoms with Gasteiger partial charge in [-0.2, -0.15) is 0 Å². The van der Waals surface area contributed by atoms with Crippen molar-refractivity contribution in [1.82, 2.24) is 9.88 Å². The molecule has 0 radical (unpaired) electrons. The predicted octanol–water partition coefficient (Wildman–Crippen LogP) is 5.87. The lowest BCUT2D eigenvalue weighted by Gasteiger charge is -2.13. The van der Waals surface area contributed by atoms with E-state index in [9.17, 15) is 4.79 Å². The van der Waals surface area contributed by atoms with Gasteiger partial charge in [-0.1, -0.05) is 36.9 Å². The first-order chi connectivity index (χ1) is 14.8. The summed E-state index contributed by atoms with van der Waals surface area (Å²) < 4.78 is 2.26. The first-order valence-electron chi connectivity index (χ1n) is 10.7. The molecule has 0 saturated carbocycles. The van der Waals surface area contributed by atoms with Gasteiger partial charge in [-0.05, 0) is 92.8 Å². The van der Waals surface area contributed by atoms with Gasteiger partial charge in [0.2, 0.25) is 0 Å². The van der Waals surface area contributed by atoms with Crippen LogP contribution in [0.15, 0.2) is 53.4 Å². The van der Waals surface area contributed by atoms with Gasteiger partial charge in [-0.25, -0.2) is 0 Å². The summed E-state index contributed by atoms with van der Waals surface area (Å²) in [5.74, 6) is -0.0381. The van der Waals surface area contributed by atoms with Crippen molar-refractivity contribution in [2.24, 2.45) is 0 Å². The Bertz CT molecular complexity index is 1140. The number of thioether (sulfide) groups is 1. The fourth-order valence-corrected chi connectivity index (χ4v) is 5.08. The van der Waals surface area contributed by atoms with Crippen LogP contribution in [0.25, 0.3) is 11.8 Å². The standard InChI is InChI=1S/C26H29N3OS/c1-6-20-7-9-22(10-8-20)27-26-28-25(30)24(31-26)15-21-14-18(4)29(19(21)5)23-12-16(2)11-17(3)13-23/h7-15,26-27H,6H2,1-5H3,(H,28,30)/b24-15-/t26-/m1/s1. The first kappa shape index (κ1) is 21.3. The zero-order valence-corrected chi connectivity index (χ0v) is 19.6. The Balaban J connectivity index is 1.56. The molecule has 1 aliphatic heterocycles. The number of aromatic nitrogens is 1. The third-order valence-electron chi connectivity index (χ3n) is 5.61. The van der Waals surface area contributed by atoms with Crippen LogP contribution in [0.3, 0.4) is 0 Å². The largest absolute Gasteiger partial charge is 0.357 e. The molecule has 1 saturated heterocycles. The fraction of sp³-hybridized carbons (Fsp3) is 0.269.